The van der Waals surface area contributed by atoms with Gasteiger partial charge in [0.1, 0.15) is 25.4 Å². The molecule has 0 aromatic rings. The fourth-order valence-corrected chi connectivity index (χ4v) is 10.3. The summed E-state index contributed by atoms with van der Waals surface area (Å²) in [6.45, 7) is 2.15. The van der Waals surface area contributed by atoms with Crippen molar-refractivity contribution in [2.75, 3.05) is 39.6 Å². The van der Waals surface area contributed by atoms with Crippen LogP contribution in [0.4, 0.5) is 0 Å². The normalized spacial score (nSPS) is 15.2. The molecule has 548 valence electrons. The number of rotatable bonds is 66. The summed E-state index contributed by atoms with van der Waals surface area (Å²) in [5.74, 6) is -1.73. The Balaban J connectivity index is 4.67. The Hall–Kier alpha value is -5.35. The van der Waals surface area contributed by atoms with Gasteiger partial charge in [-0.3, -0.25) is 32.5 Å². The second-order valence-corrected chi connectivity index (χ2v) is 26.1. The molecule has 5 atom stereocenters. The van der Waals surface area contributed by atoms with Crippen molar-refractivity contribution in [3.05, 3.63) is 182 Å². The molecule has 0 bridgehead atoms. The highest BCUT2D eigenvalue weighted by Gasteiger charge is 2.29. The minimum Gasteiger partial charge on any atom is -0.463 e. The van der Waals surface area contributed by atoms with Gasteiger partial charge in [-0.15, -0.1) is 0 Å². The van der Waals surface area contributed by atoms with Crippen molar-refractivity contribution < 1.29 is 75.8 Å². The van der Waals surface area contributed by atoms with E-state index in [0.717, 1.165) is 128 Å². The molecule has 0 aliphatic carbocycles. The second kappa shape index (κ2) is 70.5. The highest BCUT2D eigenvalue weighted by atomic mass is 31.2. The molecular weight excluding hydrogens is 1270 g/mol. The number of hydrogen-bond acceptors (Lipinski definition) is 14. The molecule has 0 heterocycles. The molecule has 0 saturated carbocycles. The average molecular weight is 1390 g/mol. The Kier molecular flexibility index (Phi) is 66.6. The van der Waals surface area contributed by atoms with Crippen LogP contribution in [0.25, 0.3) is 0 Å². The van der Waals surface area contributed by atoms with Crippen molar-refractivity contribution >= 4 is 33.6 Å². The van der Waals surface area contributed by atoms with Crippen LogP contribution in [0, 0.1) is 0 Å². The van der Waals surface area contributed by atoms with Crippen LogP contribution in [0.2, 0.25) is 0 Å². The molecule has 0 aromatic heterocycles. The zero-order valence-electron chi connectivity index (χ0n) is 59.4. The number of phosphoric ester groups is 2. The molecule has 0 fully saturated rings. The number of aliphatic hydroxyl groups excluding tert-OH is 2. The fraction of sp³-hybridized carbons (Fsp3) is 0.582. The first kappa shape index (κ1) is 91.6. The highest BCUT2D eigenvalue weighted by Crippen LogP contribution is 2.45. The third-order valence-corrected chi connectivity index (χ3v) is 16.0. The monoisotopic (exact) mass is 1390 g/mol. The van der Waals surface area contributed by atoms with Gasteiger partial charge >= 0.3 is 33.6 Å². The van der Waals surface area contributed by atoms with Gasteiger partial charge in [0.2, 0.25) is 0 Å². The first-order chi connectivity index (χ1) is 47.2. The number of carbonyl (C=O) groups is 3. The maximum atomic E-state index is 12.9. The summed E-state index contributed by atoms with van der Waals surface area (Å²) in [7, 11) is -9.83. The predicted octanol–water partition coefficient (Wildman–Crippen LogP) is 20.6. The topological polar surface area (TPSA) is 231 Å². The molecule has 0 aliphatic heterocycles. The summed E-state index contributed by atoms with van der Waals surface area (Å²) in [5, 5.41) is 20.6. The Morgan fingerprint density at radius 3 is 0.856 bits per heavy atom. The number of ether oxygens (including phenoxy) is 3. The van der Waals surface area contributed by atoms with Gasteiger partial charge in [0.05, 0.1) is 26.4 Å². The number of unbranched alkanes of at least 4 members (excludes halogenated alkanes) is 13. The molecule has 0 amide bonds. The summed E-state index contributed by atoms with van der Waals surface area (Å²) in [6.07, 6.45) is 89.7. The third kappa shape index (κ3) is 71.7. The van der Waals surface area contributed by atoms with E-state index >= 15 is 0 Å². The van der Waals surface area contributed by atoms with Crippen LogP contribution in [0.1, 0.15) is 239 Å². The third-order valence-electron chi connectivity index (χ3n) is 14.1. The minimum atomic E-state index is -4.96. The summed E-state index contributed by atoms with van der Waals surface area (Å²) >= 11 is 0. The molecule has 16 nitrogen and oxygen atoms in total. The number of carbonyl (C=O) groups excluding carboxylic acids is 3. The first-order valence-corrected chi connectivity index (χ1v) is 39.1. The average Bonchev–Trinajstić information content (AvgIpc) is 1.49. The van der Waals surface area contributed by atoms with Gasteiger partial charge in [-0.1, -0.05) is 261 Å². The lowest BCUT2D eigenvalue weighted by Gasteiger charge is -2.21. The van der Waals surface area contributed by atoms with E-state index in [1.165, 1.54) is 38.5 Å². The summed E-state index contributed by atoms with van der Waals surface area (Å²) in [4.78, 5) is 58.4. The Morgan fingerprint density at radius 2 is 0.526 bits per heavy atom. The summed E-state index contributed by atoms with van der Waals surface area (Å²) in [6, 6.07) is 0. The highest BCUT2D eigenvalue weighted by molar-refractivity contribution is 7.47. The largest absolute Gasteiger partial charge is 0.472 e. The molecule has 0 rings (SSSR count). The number of phosphoric acid groups is 2. The molecule has 97 heavy (non-hydrogen) atoms. The molecule has 0 saturated heterocycles. The maximum absolute atomic E-state index is 12.9. The van der Waals surface area contributed by atoms with Crippen LogP contribution < -0.4 is 0 Å². The Labute approximate surface area is 585 Å². The van der Waals surface area contributed by atoms with E-state index in [-0.39, 0.29) is 19.3 Å². The Morgan fingerprint density at radius 1 is 0.289 bits per heavy atom. The quantitative estimate of drug-likeness (QED) is 0.0146. The molecule has 0 aliphatic rings. The SMILES string of the molecule is CC/C=C\C/C=C\C/C=C\C/C=C\C/C=C\CCCCCCCCCCCCCC(=O)OCC(O)COP(=O)(O)OCC(O)COP(=O)(O)OCC(COC(=O)CCC/C=C\C/C=C\C/C=C\C/C=C\C/C=C\CC)OC(=O)CCC/C=C\C/C=C\C/C=C\C/C=C\C/C=C\CC. The second-order valence-electron chi connectivity index (χ2n) is 23.2. The van der Waals surface area contributed by atoms with Gasteiger partial charge in [-0.25, -0.2) is 9.13 Å². The van der Waals surface area contributed by atoms with Crippen molar-refractivity contribution in [1.29, 1.82) is 0 Å². The van der Waals surface area contributed by atoms with Crippen LogP contribution in [-0.2, 0) is 55.8 Å². The lowest BCUT2D eigenvalue weighted by Crippen LogP contribution is -2.30. The first-order valence-electron chi connectivity index (χ1n) is 36.1. The molecule has 0 aromatic carbocycles. The van der Waals surface area contributed by atoms with E-state index in [0.29, 0.717) is 32.1 Å². The van der Waals surface area contributed by atoms with Gasteiger partial charge in [-0.05, 0) is 141 Å². The molecule has 4 N–H and O–H groups in total. The minimum absolute atomic E-state index is 0.00670. The Bertz CT molecular complexity index is 2490. The number of allylic oxidation sites excluding steroid dienone is 30. The smallest absolute Gasteiger partial charge is 0.463 e. The van der Waals surface area contributed by atoms with Gasteiger partial charge < -0.3 is 34.2 Å². The lowest BCUT2D eigenvalue weighted by molar-refractivity contribution is -0.161. The van der Waals surface area contributed by atoms with E-state index in [1.807, 2.05) is 24.3 Å². The summed E-state index contributed by atoms with van der Waals surface area (Å²) in [5.41, 5.74) is 0. The van der Waals surface area contributed by atoms with E-state index in [4.69, 9.17) is 32.3 Å². The van der Waals surface area contributed by atoms with Crippen molar-refractivity contribution in [3.8, 4) is 0 Å². The summed E-state index contributed by atoms with van der Waals surface area (Å²) < 4.78 is 60.8. The maximum Gasteiger partial charge on any atom is 0.472 e. The van der Waals surface area contributed by atoms with Crippen LogP contribution in [-0.4, -0.2) is 95.9 Å². The van der Waals surface area contributed by atoms with Crippen LogP contribution in [0.15, 0.2) is 182 Å². The standard InChI is InChI=1S/C79H126O16P2/c1-4-7-10-13-16-19-22-25-28-31-32-33-34-35-36-37-38-39-40-43-45-47-50-53-56-59-62-65-77(82)89-68-74(80)69-91-96(85,86)92-70-75(81)71-93-97(87,88)94-73-76(95-79(84)67-64-61-58-55-52-49-46-42-30-27-24-21-18-15-12-9-6-3)72-90-78(83)66-63-60-57-54-51-48-44-41-29-26-23-20-17-14-11-8-5-2/h7-12,16-21,25-30,32-33,35-36,44,46,48-49,54-55,57-58,74-76,80-81H,4-6,13-15,22-24,31,34,37-43,45,47,50-53,56,59-73H2,1-3H3,(H,85,86)(H,87,88)/b10-7-,11-8-,12-9-,19-16-,20-17-,21-18-,28-25-,29-26-,30-27-,33-32-,36-35-,48-44-,49-46-,57-54-,58-55-. The number of esters is 3. The number of aliphatic hydroxyl groups is 2. The molecular formula is C79H126O16P2. The van der Waals surface area contributed by atoms with Crippen molar-refractivity contribution in [2.24, 2.45) is 0 Å². The van der Waals surface area contributed by atoms with Crippen molar-refractivity contribution in [1.82, 2.24) is 0 Å². The van der Waals surface area contributed by atoms with Crippen LogP contribution in [0.5, 0.6) is 0 Å². The van der Waals surface area contributed by atoms with Crippen LogP contribution >= 0.6 is 15.6 Å². The van der Waals surface area contributed by atoms with Gasteiger partial charge in [0.25, 0.3) is 0 Å². The van der Waals surface area contributed by atoms with Crippen LogP contribution in [0.3, 0.4) is 0 Å². The van der Waals surface area contributed by atoms with Crippen molar-refractivity contribution in [2.45, 2.75) is 257 Å². The number of hydrogen-bond donors (Lipinski definition) is 4. The van der Waals surface area contributed by atoms with Gasteiger partial charge in [0.15, 0.2) is 6.10 Å². The zero-order chi connectivity index (χ0) is 70.9. The predicted molar refractivity (Wildman–Crippen MR) is 398 cm³/mol. The van der Waals surface area contributed by atoms with Gasteiger partial charge in [-0.2, -0.15) is 0 Å². The zero-order valence-corrected chi connectivity index (χ0v) is 61.2. The molecule has 18 heteroatoms. The molecule has 5 unspecified atom stereocenters. The fourth-order valence-electron chi connectivity index (χ4n) is 8.73. The van der Waals surface area contributed by atoms with E-state index in [9.17, 15) is 43.5 Å². The molecule has 0 spiro atoms. The van der Waals surface area contributed by atoms with E-state index in [2.05, 4.69) is 179 Å². The van der Waals surface area contributed by atoms with Crippen molar-refractivity contribution in [3.63, 3.8) is 0 Å². The molecule has 0 radical (unpaired) electrons. The lowest BCUT2D eigenvalue weighted by atomic mass is 10.0. The van der Waals surface area contributed by atoms with Gasteiger partial charge in [0, 0.05) is 19.3 Å². The van der Waals surface area contributed by atoms with E-state index < -0.39 is 91.5 Å². The van der Waals surface area contributed by atoms with E-state index in [1.54, 1.807) is 0 Å².